The second-order valence-corrected chi connectivity index (χ2v) is 4.93. The molecule has 0 atom stereocenters. The minimum atomic E-state index is -1.19. The van der Waals surface area contributed by atoms with Crippen molar-refractivity contribution in [2.75, 3.05) is 5.32 Å². The average Bonchev–Trinajstić information content (AvgIpc) is 2.43. The summed E-state index contributed by atoms with van der Waals surface area (Å²) < 4.78 is 0. The maximum absolute atomic E-state index is 12.0. The molecule has 0 saturated heterocycles. The van der Waals surface area contributed by atoms with Gasteiger partial charge in [0.25, 0.3) is 5.91 Å². The highest BCUT2D eigenvalue weighted by atomic mass is 35.5. The van der Waals surface area contributed by atoms with Gasteiger partial charge in [-0.2, -0.15) is 0 Å². The van der Waals surface area contributed by atoms with Crippen LogP contribution in [0.4, 0.5) is 5.69 Å². The van der Waals surface area contributed by atoms with Crippen LogP contribution in [-0.2, 0) is 0 Å². The highest BCUT2D eigenvalue weighted by Gasteiger charge is 2.12. The summed E-state index contributed by atoms with van der Waals surface area (Å²) in [6.07, 6.45) is 0. The fraction of sp³-hybridized carbons (Fsp3) is 0. The number of nitrogens with one attached hydrogen (secondary N) is 1. The first-order valence-corrected chi connectivity index (χ1v) is 6.47. The highest BCUT2D eigenvalue weighted by molar-refractivity contribution is 6.33. The van der Waals surface area contributed by atoms with Crippen molar-refractivity contribution >= 4 is 40.8 Å². The lowest BCUT2D eigenvalue weighted by Crippen LogP contribution is -2.12. The monoisotopic (exact) mass is 325 g/mol. The van der Waals surface area contributed by atoms with Crippen LogP contribution in [0.5, 0.6) is 5.75 Å². The number of phenols is 1. The Morgan fingerprint density at radius 3 is 2.33 bits per heavy atom. The van der Waals surface area contributed by atoms with Gasteiger partial charge in [-0.25, -0.2) is 4.79 Å². The van der Waals surface area contributed by atoms with Crippen LogP contribution in [0.1, 0.15) is 20.7 Å². The molecule has 5 nitrogen and oxygen atoms in total. The number of aromatic carboxylic acids is 1. The van der Waals surface area contributed by atoms with Gasteiger partial charge in [-0.05, 0) is 36.4 Å². The smallest absolute Gasteiger partial charge is 0.337 e. The molecule has 0 aromatic heterocycles. The molecule has 0 heterocycles. The molecule has 3 N–H and O–H groups in total. The second kappa shape index (κ2) is 6.03. The van der Waals surface area contributed by atoms with Crippen LogP contribution in [-0.4, -0.2) is 22.1 Å². The molecular weight excluding hydrogens is 317 g/mol. The predicted molar refractivity (Wildman–Crippen MR) is 79.5 cm³/mol. The van der Waals surface area contributed by atoms with Gasteiger partial charge in [0.05, 0.1) is 15.6 Å². The van der Waals surface area contributed by atoms with Gasteiger partial charge in [0.2, 0.25) is 0 Å². The molecule has 108 valence electrons. The van der Waals surface area contributed by atoms with E-state index in [-0.39, 0.29) is 32.6 Å². The Balaban J connectivity index is 2.25. The summed E-state index contributed by atoms with van der Waals surface area (Å²) in [5.74, 6) is -1.81. The van der Waals surface area contributed by atoms with Crippen molar-refractivity contribution in [2.24, 2.45) is 0 Å². The number of halogens is 2. The van der Waals surface area contributed by atoms with Gasteiger partial charge in [0.1, 0.15) is 5.75 Å². The normalized spacial score (nSPS) is 10.2. The van der Waals surface area contributed by atoms with Gasteiger partial charge in [-0.1, -0.05) is 23.2 Å². The molecule has 0 unspecified atom stereocenters. The lowest BCUT2D eigenvalue weighted by atomic mass is 10.1. The van der Waals surface area contributed by atoms with Crippen molar-refractivity contribution < 1.29 is 19.8 Å². The van der Waals surface area contributed by atoms with E-state index in [2.05, 4.69) is 5.32 Å². The van der Waals surface area contributed by atoms with Crippen molar-refractivity contribution in [1.29, 1.82) is 0 Å². The molecule has 2 rings (SSSR count). The maximum atomic E-state index is 12.0. The van der Waals surface area contributed by atoms with Gasteiger partial charge in [0.15, 0.2) is 0 Å². The molecule has 0 radical (unpaired) electrons. The Kier molecular flexibility index (Phi) is 4.35. The van der Waals surface area contributed by atoms with E-state index < -0.39 is 11.9 Å². The standard InChI is InChI=1S/C14H9Cl2NO4/c15-10-3-2-8(6-9(10)14(20)21)17-13(19)7-1-4-12(18)11(16)5-7/h1-6,18H,(H,17,19)(H,20,21). The number of amides is 1. The van der Waals surface area contributed by atoms with Crippen molar-refractivity contribution in [3.63, 3.8) is 0 Å². The van der Waals surface area contributed by atoms with E-state index >= 15 is 0 Å². The van der Waals surface area contributed by atoms with Gasteiger partial charge in [0, 0.05) is 11.3 Å². The lowest BCUT2D eigenvalue weighted by Gasteiger charge is -2.08. The number of carbonyl (C=O) groups excluding carboxylic acids is 1. The van der Waals surface area contributed by atoms with E-state index in [1.54, 1.807) is 0 Å². The number of benzene rings is 2. The minimum Gasteiger partial charge on any atom is -0.506 e. The zero-order valence-corrected chi connectivity index (χ0v) is 11.9. The molecule has 0 aliphatic carbocycles. The number of rotatable bonds is 3. The molecular formula is C14H9Cl2NO4. The third-order valence-corrected chi connectivity index (χ3v) is 3.30. The lowest BCUT2D eigenvalue weighted by molar-refractivity contribution is 0.0696. The maximum Gasteiger partial charge on any atom is 0.337 e. The topological polar surface area (TPSA) is 86.6 Å². The average molecular weight is 326 g/mol. The summed E-state index contributed by atoms with van der Waals surface area (Å²) in [4.78, 5) is 23.0. The van der Waals surface area contributed by atoms with Crippen molar-refractivity contribution in [1.82, 2.24) is 0 Å². The second-order valence-electron chi connectivity index (χ2n) is 4.12. The summed E-state index contributed by atoms with van der Waals surface area (Å²) in [6, 6.07) is 8.11. The number of hydrogen-bond donors (Lipinski definition) is 3. The van der Waals surface area contributed by atoms with Crippen LogP contribution in [0.25, 0.3) is 0 Å². The fourth-order valence-electron chi connectivity index (χ4n) is 1.62. The molecule has 0 aliphatic heterocycles. The Labute approximate surface area is 129 Å². The first-order valence-electron chi connectivity index (χ1n) is 5.71. The quantitative estimate of drug-likeness (QED) is 0.803. The van der Waals surface area contributed by atoms with Crippen molar-refractivity contribution in [3.05, 3.63) is 57.6 Å². The summed E-state index contributed by atoms with van der Waals surface area (Å²) in [7, 11) is 0. The van der Waals surface area contributed by atoms with Crippen LogP contribution in [0.2, 0.25) is 10.0 Å². The number of aromatic hydroxyl groups is 1. The van der Waals surface area contributed by atoms with E-state index in [9.17, 15) is 14.7 Å². The van der Waals surface area contributed by atoms with Crippen LogP contribution in [0.15, 0.2) is 36.4 Å². The number of phenolic OH excluding ortho intramolecular Hbond substituents is 1. The summed E-state index contributed by atoms with van der Waals surface area (Å²) in [6.45, 7) is 0. The first-order chi connectivity index (χ1) is 9.88. The van der Waals surface area contributed by atoms with Crippen LogP contribution < -0.4 is 5.32 Å². The Bertz CT molecular complexity index is 731. The predicted octanol–water partition coefficient (Wildman–Crippen LogP) is 3.65. The molecule has 2 aromatic carbocycles. The molecule has 0 fully saturated rings. The molecule has 0 spiro atoms. The van der Waals surface area contributed by atoms with E-state index in [0.717, 1.165) is 0 Å². The number of anilines is 1. The third-order valence-electron chi connectivity index (χ3n) is 2.66. The first kappa shape index (κ1) is 15.2. The number of carbonyl (C=O) groups is 2. The summed E-state index contributed by atoms with van der Waals surface area (Å²) >= 11 is 11.5. The SMILES string of the molecule is O=C(Nc1ccc(Cl)c(C(=O)O)c1)c1ccc(O)c(Cl)c1. The van der Waals surface area contributed by atoms with E-state index in [4.69, 9.17) is 28.3 Å². The highest BCUT2D eigenvalue weighted by Crippen LogP contribution is 2.25. The molecule has 0 bridgehead atoms. The van der Waals surface area contributed by atoms with Crippen molar-refractivity contribution in [3.8, 4) is 5.75 Å². The molecule has 0 saturated carbocycles. The number of hydrogen-bond acceptors (Lipinski definition) is 3. The Morgan fingerprint density at radius 2 is 1.71 bits per heavy atom. The van der Waals surface area contributed by atoms with Gasteiger partial charge >= 0.3 is 5.97 Å². The third kappa shape index (κ3) is 3.45. The molecule has 1 amide bonds. The minimum absolute atomic E-state index is 0.0463. The molecule has 0 aliphatic rings. The fourth-order valence-corrected chi connectivity index (χ4v) is 2.00. The van der Waals surface area contributed by atoms with Gasteiger partial charge in [-0.15, -0.1) is 0 Å². The van der Waals surface area contributed by atoms with Gasteiger partial charge in [-0.3, -0.25) is 4.79 Å². The zero-order chi connectivity index (χ0) is 15.6. The zero-order valence-electron chi connectivity index (χ0n) is 10.4. The summed E-state index contributed by atoms with van der Waals surface area (Å²) in [5, 5.41) is 20.9. The molecule has 21 heavy (non-hydrogen) atoms. The van der Waals surface area contributed by atoms with E-state index in [1.165, 1.54) is 36.4 Å². The van der Waals surface area contributed by atoms with E-state index in [1.807, 2.05) is 0 Å². The van der Waals surface area contributed by atoms with Crippen LogP contribution >= 0.6 is 23.2 Å². The Hall–Kier alpha value is -2.24. The van der Waals surface area contributed by atoms with E-state index in [0.29, 0.717) is 0 Å². The molecule has 7 heteroatoms. The molecule has 2 aromatic rings. The summed E-state index contributed by atoms with van der Waals surface area (Å²) in [5.41, 5.74) is 0.397. The van der Waals surface area contributed by atoms with Gasteiger partial charge < -0.3 is 15.5 Å². The van der Waals surface area contributed by atoms with Crippen LogP contribution in [0, 0.1) is 0 Å². The number of carboxylic acid groups (broad SMARTS) is 1. The van der Waals surface area contributed by atoms with Crippen LogP contribution in [0.3, 0.4) is 0 Å². The Morgan fingerprint density at radius 1 is 1.00 bits per heavy atom. The largest absolute Gasteiger partial charge is 0.506 e. The number of carboxylic acids is 1. The van der Waals surface area contributed by atoms with Crippen molar-refractivity contribution in [2.45, 2.75) is 0 Å².